The van der Waals surface area contributed by atoms with E-state index in [-0.39, 0.29) is 6.54 Å². The predicted molar refractivity (Wildman–Crippen MR) is 67.0 cm³/mol. The van der Waals surface area contributed by atoms with E-state index in [4.69, 9.17) is 17.3 Å². The van der Waals surface area contributed by atoms with Crippen molar-refractivity contribution < 1.29 is 5.11 Å². The molecule has 0 aliphatic heterocycles. The first-order chi connectivity index (χ1) is 8.22. The molecule has 3 N–H and O–H groups in total. The summed E-state index contributed by atoms with van der Waals surface area (Å²) >= 11 is 6.22. The van der Waals surface area contributed by atoms with Gasteiger partial charge in [0.2, 0.25) is 0 Å². The highest BCUT2D eigenvalue weighted by molar-refractivity contribution is 6.35. The number of benzene rings is 1. The first kappa shape index (κ1) is 11.0. The summed E-state index contributed by atoms with van der Waals surface area (Å²) in [5.41, 5.74) is 7.26. The second kappa shape index (κ2) is 3.98. The Hall–Kier alpha value is -1.10. The van der Waals surface area contributed by atoms with E-state index in [1.165, 1.54) is 0 Å². The lowest BCUT2D eigenvalue weighted by molar-refractivity contribution is 0.172. The van der Waals surface area contributed by atoms with Crippen molar-refractivity contribution in [2.24, 2.45) is 5.73 Å². The molecule has 0 radical (unpaired) electrons. The number of fused-ring (bicyclic) bond motifs is 1. The highest BCUT2D eigenvalue weighted by Crippen LogP contribution is 2.41. The van der Waals surface area contributed by atoms with Gasteiger partial charge in [-0.2, -0.15) is 0 Å². The van der Waals surface area contributed by atoms with Crippen molar-refractivity contribution in [3.05, 3.63) is 29.0 Å². The zero-order chi connectivity index (χ0) is 12.0. The number of rotatable bonds is 3. The van der Waals surface area contributed by atoms with Gasteiger partial charge in [0.05, 0.1) is 16.1 Å². The van der Waals surface area contributed by atoms with Gasteiger partial charge in [-0.1, -0.05) is 17.7 Å². The van der Waals surface area contributed by atoms with Crippen molar-refractivity contribution in [3.8, 4) is 0 Å². The summed E-state index contributed by atoms with van der Waals surface area (Å²) in [6, 6.07) is 6.04. The van der Waals surface area contributed by atoms with Gasteiger partial charge in [0.15, 0.2) is 0 Å². The van der Waals surface area contributed by atoms with Gasteiger partial charge in [-0.05, 0) is 25.0 Å². The molecule has 17 heavy (non-hydrogen) atoms. The van der Waals surface area contributed by atoms with Crippen LogP contribution in [0.5, 0.6) is 0 Å². The van der Waals surface area contributed by atoms with Crippen molar-refractivity contribution in [1.29, 1.82) is 0 Å². The number of aliphatic hydroxyl groups excluding tert-OH is 1. The lowest BCUT2D eigenvalue weighted by Crippen LogP contribution is -2.16. The second-order valence-electron chi connectivity index (χ2n) is 4.43. The molecule has 1 fully saturated rings. The van der Waals surface area contributed by atoms with Crippen LogP contribution in [0.2, 0.25) is 5.02 Å². The molecule has 1 aliphatic carbocycles. The van der Waals surface area contributed by atoms with Crippen LogP contribution in [0.3, 0.4) is 0 Å². The molecule has 1 heterocycles. The van der Waals surface area contributed by atoms with Crippen molar-refractivity contribution in [2.75, 3.05) is 6.54 Å². The number of hydrogen-bond acceptors (Lipinski definition) is 3. The first-order valence-corrected chi connectivity index (χ1v) is 6.14. The third-order valence-electron chi connectivity index (χ3n) is 3.12. The number of hydrogen-bond donors (Lipinski definition) is 2. The predicted octanol–water partition coefficient (Wildman–Crippen LogP) is 2.02. The minimum Gasteiger partial charge on any atom is -0.384 e. The van der Waals surface area contributed by atoms with Gasteiger partial charge >= 0.3 is 0 Å². The number of nitrogens with two attached hydrogens (primary N) is 1. The van der Waals surface area contributed by atoms with E-state index in [0.29, 0.717) is 16.9 Å². The monoisotopic (exact) mass is 251 g/mol. The molecule has 2 aromatic rings. The smallest absolute Gasteiger partial charge is 0.140 e. The van der Waals surface area contributed by atoms with Crippen LogP contribution in [0.25, 0.3) is 11.0 Å². The fraction of sp³-hybridized carbons (Fsp3) is 0.417. The topological polar surface area (TPSA) is 64.1 Å². The van der Waals surface area contributed by atoms with Crippen LogP contribution in [0.15, 0.2) is 18.2 Å². The average Bonchev–Trinajstić information content (AvgIpc) is 3.09. The molecule has 90 valence electrons. The SMILES string of the molecule is NCC(O)c1nc2cccc(Cl)c2n1C1CC1. The Morgan fingerprint density at radius 1 is 1.53 bits per heavy atom. The van der Waals surface area contributed by atoms with Crippen molar-refractivity contribution in [3.63, 3.8) is 0 Å². The Morgan fingerprint density at radius 3 is 2.94 bits per heavy atom. The molecule has 1 unspecified atom stereocenters. The van der Waals surface area contributed by atoms with Crippen LogP contribution >= 0.6 is 11.6 Å². The molecule has 1 saturated carbocycles. The van der Waals surface area contributed by atoms with Gasteiger partial charge in [0, 0.05) is 12.6 Å². The van der Waals surface area contributed by atoms with Crippen LogP contribution in [0, 0.1) is 0 Å². The standard InChI is InChI=1S/C12H14ClN3O/c13-8-2-1-3-9-11(8)16(7-4-5-7)12(15-9)10(17)6-14/h1-3,7,10,17H,4-6,14H2. The molecule has 1 aliphatic rings. The molecule has 1 atom stereocenters. The zero-order valence-corrected chi connectivity index (χ0v) is 10.1. The number of halogens is 1. The normalized spacial score (nSPS) is 17.6. The fourth-order valence-corrected chi connectivity index (χ4v) is 2.43. The largest absolute Gasteiger partial charge is 0.384 e. The number of imidazole rings is 1. The lowest BCUT2D eigenvalue weighted by atomic mass is 10.3. The van der Waals surface area contributed by atoms with Gasteiger partial charge in [0.1, 0.15) is 11.9 Å². The highest BCUT2D eigenvalue weighted by atomic mass is 35.5. The quantitative estimate of drug-likeness (QED) is 0.877. The van der Waals surface area contributed by atoms with Crippen LogP contribution in [-0.2, 0) is 0 Å². The van der Waals surface area contributed by atoms with Gasteiger partial charge < -0.3 is 15.4 Å². The van der Waals surface area contributed by atoms with Crippen LogP contribution < -0.4 is 5.73 Å². The maximum atomic E-state index is 9.93. The third kappa shape index (κ3) is 1.73. The summed E-state index contributed by atoms with van der Waals surface area (Å²) in [4.78, 5) is 4.45. The average molecular weight is 252 g/mol. The Balaban J connectivity index is 2.28. The number of para-hydroxylation sites is 1. The fourth-order valence-electron chi connectivity index (χ4n) is 2.17. The Kier molecular flexibility index (Phi) is 2.58. The summed E-state index contributed by atoms with van der Waals surface area (Å²) in [6.45, 7) is 0.174. The zero-order valence-electron chi connectivity index (χ0n) is 9.31. The molecular formula is C12H14ClN3O. The molecule has 5 heteroatoms. The van der Waals surface area contributed by atoms with E-state index in [0.717, 1.165) is 23.9 Å². The second-order valence-corrected chi connectivity index (χ2v) is 4.84. The Morgan fingerprint density at radius 2 is 2.29 bits per heavy atom. The van der Waals surface area contributed by atoms with Crippen LogP contribution in [0.1, 0.15) is 30.8 Å². The van der Waals surface area contributed by atoms with Crippen LogP contribution in [0.4, 0.5) is 0 Å². The molecule has 3 rings (SSSR count). The summed E-state index contributed by atoms with van der Waals surface area (Å²) in [6.07, 6.45) is 1.50. The maximum absolute atomic E-state index is 9.93. The van der Waals surface area contributed by atoms with Gasteiger partial charge in [-0.3, -0.25) is 0 Å². The maximum Gasteiger partial charge on any atom is 0.140 e. The van der Waals surface area contributed by atoms with Gasteiger partial charge in [0.25, 0.3) is 0 Å². The van der Waals surface area contributed by atoms with E-state index in [1.807, 2.05) is 18.2 Å². The van der Waals surface area contributed by atoms with Crippen molar-refractivity contribution >= 4 is 22.6 Å². The first-order valence-electron chi connectivity index (χ1n) is 5.77. The Bertz CT molecular complexity index is 562. The number of aromatic nitrogens is 2. The number of aliphatic hydroxyl groups is 1. The van der Waals surface area contributed by atoms with Crippen molar-refractivity contribution in [1.82, 2.24) is 9.55 Å². The summed E-state index contributed by atoms with van der Waals surface area (Å²) in [5, 5.41) is 10.6. The molecule has 0 bridgehead atoms. The molecule has 0 saturated heterocycles. The van der Waals surface area contributed by atoms with E-state index < -0.39 is 6.10 Å². The van der Waals surface area contributed by atoms with E-state index >= 15 is 0 Å². The van der Waals surface area contributed by atoms with E-state index in [9.17, 15) is 5.11 Å². The third-order valence-corrected chi connectivity index (χ3v) is 3.43. The van der Waals surface area contributed by atoms with E-state index in [1.54, 1.807) is 0 Å². The van der Waals surface area contributed by atoms with Crippen LogP contribution in [-0.4, -0.2) is 21.2 Å². The summed E-state index contributed by atoms with van der Waals surface area (Å²) < 4.78 is 2.05. The van der Waals surface area contributed by atoms with Gasteiger partial charge in [-0.15, -0.1) is 0 Å². The minimum atomic E-state index is -0.723. The minimum absolute atomic E-state index is 0.174. The Labute approximate surface area is 104 Å². The highest BCUT2D eigenvalue weighted by Gasteiger charge is 2.30. The molecule has 0 amide bonds. The van der Waals surface area contributed by atoms with E-state index in [2.05, 4.69) is 9.55 Å². The van der Waals surface area contributed by atoms with Crippen molar-refractivity contribution in [2.45, 2.75) is 25.0 Å². The molecule has 1 aromatic carbocycles. The molecule has 0 spiro atoms. The lowest BCUT2D eigenvalue weighted by Gasteiger charge is -2.11. The molecule has 1 aromatic heterocycles. The number of nitrogens with zero attached hydrogens (tertiary/aromatic N) is 2. The molecular weight excluding hydrogens is 238 g/mol. The van der Waals surface area contributed by atoms with Gasteiger partial charge in [-0.25, -0.2) is 4.98 Å². The summed E-state index contributed by atoms with van der Waals surface area (Å²) in [5.74, 6) is 0.637. The molecule has 4 nitrogen and oxygen atoms in total. The summed E-state index contributed by atoms with van der Waals surface area (Å²) in [7, 11) is 0.